The second-order valence-electron chi connectivity index (χ2n) is 6.00. The van der Waals surface area contributed by atoms with E-state index in [1.807, 2.05) is 32.9 Å². The molecule has 0 unspecified atom stereocenters. The predicted octanol–water partition coefficient (Wildman–Crippen LogP) is 4.20. The molecule has 0 saturated carbocycles. The van der Waals surface area contributed by atoms with Gasteiger partial charge in [-0.2, -0.15) is 0 Å². The Balaban J connectivity index is 1.98. The summed E-state index contributed by atoms with van der Waals surface area (Å²) in [5.74, 6) is 0.143. The monoisotopic (exact) mass is 343 g/mol. The minimum absolute atomic E-state index is 0.0393. The molecule has 0 aliphatic carbocycles. The molecule has 0 bridgehead atoms. The number of hydrogen-bond acceptors (Lipinski definition) is 5. The topological polar surface area (TPSA) is 78.7 Å². The molecule has 0 spiro atoms. The second kappa shape index (κ2) is 7.79. The van der Waals surface area contributed by atoms with Crippen LogP contribution in [-0.2, 0) is 9.53 Å². The van der Waals surface area contributed by atoms with Gasteiger partial charge < -0.3 is 9.47 Å². The number of esters is 1. The highest BCUT2D eigenvalue weighted by Crippen LogP contribution is 2.25. The van der Waals surface area contributed by atoms with Crippen molar-refractivity contribution in [3.63, 3.8) is 0 Å². The van der Waals surface area contributed by atoms with Crippen molar-refractivity contribution in [3.05, 3.63) is 68.8 Å². The summed E-state index contributed by atoms with van der Waals surface area (Å²) in [6.45, 7) is 7.29. The smallest absolute Gasteiger partial charge is 0.344 e. The van der Waals surface area contributed by atoms with Crippen molar-refractivity contribution in [2.24, 2.45) is 0 Å². The maximum atomic E-state index is 12.0. The van der Waals surface area contributed by atoms with Gasteiger partial charge in [0.25, 0.3) is 5.69 Å². The van der Waals surface area contributed by atoms with E-state index < -0.39 is 17.0 Å². The molecule has 1 atom stereocenters. The van der Waals surface area contributed by atoms with Crippen LogP contribution in [0.25, 0.3) is 0 Å². The summed E-state index contributed by atoms with van der Waals surface area (Å²) < 4.78 is 10.9. The molecule has 25 heavy (non-hydrogen) atoms. The van der Waals surface area contributed by atoms with E-state index in [0.717, 1.165) is 16.7 Å². The van der Waals surface area contributed by atoms with Gasteiger partial charge in [0.05, 0.1) is 4.92 Å². The van der Waals surface area contributed by atoms with Crippen LogP contribution in [0.3, 0.4) is 0 Å². The van der Waals surface area contributed by atoms with E-state index in [-0.39, 0.29) is 12.3 Å². The fourth-order valence-corrected chi connectivity index (χ4v) is 2.72. The van der Waals surface area contributed by atoms with Crippen LogP contribution < -0.4 is 4.74 Å². The van der Waals surface area contributed by atoms with Crippen molar-refractivity contribution in [3.8, 4) is 5.75 Å². The average Bonchev–Trinajstić information content (AvgIpc) is 2.53. The second-order valence-corrected chi connectivity index (χ2v) is 6.00. The number of ether oxygens (including phenoxy) is 2. The van der Waals surface area contributed by atoms with E-state index >= 15 is 0 Å². The van der Waals surface area contributed by atoms with Crippen molar-refractivity contribution in [2.75, 3.05) is 6.61 Å². The lowest BCUT2D eigenvalue weighted by Gasteiger charge is -2.16. The van der Waals surface area contributed by atoms with E-state index in [1.165, 1.54) is 12.1 Å². The van der Waals surface area contributed by atoms with Crippen LogP contribution in [0.5, 0.6) is 5.75 Å². The quantitative estimate of drug-likeness (QED) is 0.446. The highest BCUT2D eigenvalue weighted by atomic mass is 16.6. The van der Waals surface area contributed by atoms with E-state index in [0.29, 0.717) is 11.3 Å². The SMILES string of the molecule is Cc1cc(C)c(OCC(=O)O[C@@H](C)c2cccc([N+](=O)[O-])c2)c(C)c1. The lowest BCUT2D eigenvalue weighted by atomic mass is 10.1. The number of carbonyl (C=O) groups is 1. The molecule has 0 aliphatic heterocycles. The van der Waals surface area contributed by atoms with Crippen molar-refractivity contribution < 1.29 is 19.2 Å². The van der Waals surface area contributed by atoms with Crippen LogP contribution in [0, 0.1) is 30.9 Å². The molecular formula is C19H21NO5. The Labute approximate surface area is 146 Å². The van der Waals surface area contributed by atoms with E-state index in [9.17, 15) is 14.9 Å². The first kappa shape index (κ1) is 18.4. The Morgan fingerprint density at radius 1 is 1.16 bits per heavy atom. The van der Waals surface area contributed by atoms with E-state index in [1.54, 1.807) is 19.1 Å². The lowest BCUT2D eigenvalue weighted by Crippen LogP contribution is -2.17. The number of aryl methyl sites for hydroxylation is 3. The number of non-ortho nitro benzene ring substituents is 1. The zero-order chi connectivity index (χ0) is 18.6. The third-order valence-corrected chi connectivity index (χ3v) is 3.80. The number of nitro groups is 1. The maximum Gasteiger partial charge on any atom is 0.344 e. The average molecular weight is 343 g/mol. The van der Waals surface area contributed by atoms with Gasteiger partial charge in [-0.05, 0) is 44.4 Å². The van der Waals surface area contributed by atoms with Crippen LogP contribution in [0.2, 0.25) is 0 Å². The molecule has 2 aromatic carbocycles. The van der Waals surface area contributed by atoms with Gasteiger partial charge in [0, 0.05) is 12.1 Å². The molecule has 2 aromatic rings. The summed E-state index contributed by atoms with van der Waals surface area (Å²) in [6, 6.07) is 10.0. The van der Waals surface area contributed by atoms with Gasteiger partial charge in [0.2, 0.25) is 0 Å². The van der Waals surface area contributed by atoms with Crippen molar-refractivity contribution >= 4 is 11.7 Å². The third-order valence-electron chi connectivity index (χ3n) is 3.80. The van der Waals surface area contributed by atoms with Gasteiger partial charge >= 0.3 is 5.97 Å². The Morgan fingerprint density at radius 2 is 1.80 bits per heavy atom. The molecule has 0 radical (unpaired) electrons. The number of carbonyl (C=O) groups excluding carboxylic acids is 1. The van der Waals surface area contributed by atoms with Gasteiger partial charge in [0.15, 0.2) is 6.61 Å². The summed E-state index contributed by atoms with van der Waals surface area (Å²) >= 11 is 0. The van der Waals surface area contributed by atoms with Gasteiger partial charge in [-0.1, -0.05) is 29.8 Å². The van der Waals surface area contributed by atoms with Crippen molar-refractivity contribution in [1.82, 2.24) is 0 Å². The highest BCUT2D eigenvalue weighted by molar-refractivity contribution is 5.71. The van der Waals surface area contributed by atoms with Crippen LogP contribution in [0.1, 0.15) is 35.3 Å². The number of hydrogen-bond donors (Lipinski definition) is 0. The minimum atomic E-state index is -0.601. The van der Waals surface area contributed by atoms with Gasteiger partial charge in [0.1, 0.15) is 11.9 Å². The molecule has 132 valence electrons. The molecule has 0 fully saturated rings. The molecule has 0 aromatic heterocycles. The van der Waals surface area contributed by atoms with Crippen molar-refractivity contribution in [1.29, 1.82) is 0 Å². The van der Waals surface area contributed by atoms with Gasteiger partial charge in [-0.15, -0.1) is 0 Å². The fraction of sp³-hybridized carbons (Fsp3) is 0.316. The van der Waals surface area contributed by atoms with Crippen LogP contribution in [0.15, 0.2) is 36.4 Å². The van der Waals surface area contributed by atoms with Gasteiger partial charge in [-0.3, -0.25) is 10.1 Å². The fourth-order valence-electron chi connectivity index (χ4n) is 2.72. The first-order valence-corrected chi connectivity index (χ1v) is 7.92. The third kappa shape index (κ3) is 4.79. The molecule has 0 amide bonds. The van der Waals surface area contributed by atoms with E-state index in [2.05, 4.69) is 0 Å². The number of nitrogens with zero attached hydrogens (tertiary/aromatic N) is 1. The number of nitro benzene ring substituents is 1. The molecule has 6 heteroatoms. The molecular weight excluding hydrogens is 322 g/mol. The normalized spacial score (nSPS) is 11.7. The van der Waals surface area contributed by atoms with Crippen molar-refractivity contribution in [2.45, 2.75) is 33.8 Å². The molecule has 0 N–H and O–H groups in total. The summed E-state index contributed by atoms with van der Waals surface area (Å²) in [7, 11) is 0. The first-order chi connectivity index (χ1) is 11.8. The summed E-state index contributed by atoms with van der Waals surface area (Å²) in [5, 5.41) is 10.8. The molecule has 0 saturated heterocycles. The summed E-state index contributed by atoms with van der Waals surface area (Å²) in [4.78, 5) is 22.4. The van der Waals surface area contributed by atoms with Crippen LogP contribution >= 0.6 is 0 Å². The predicted molar refractivity (Wildman–Crippen MR) is 93.8 cm³/mol. The minimum Gasteiger partial charge on any atom is -0.481 e. The zero-order valence-corrected chi connectivity index (χ0v) is 14.7. The standard InChI is InChI=1S/C19H21NO5/c1-12-8-13(2)19(14(3)9-12)24-11-18(21)25-15(4)16-6-5-7-17(10-16)20(22)23/h5-10,15H,11H2,1-4H3/t15-/m0/s1. The van der Waals surface area contributed by atoms with E-state index in [4.69, 9.17) is 9.47 Å². The number of benzene rings is 2. The Morgan fingerprint density at radius 3 is 2.40 bits per heavy atom. The molecule has 2 rings (SSSR count). The summed E-state index contributed by atoms with van der Waals surface area (Å²) in [6.07, 6.45) is -0.601. The maximum absolute atomic E-state index is 12.0. The first-order valence-electron chi connectivity index (χ1n) is 7.92. The molecule has 0 heterocycles. The van der Waals surface area contributed by atoms with Crippen LogP contribution in [0.4, 0.5) is 5.69 Å². The number of rotatable bonds is 6. The largest absolute Gasteiger partial charge is 0.481 e. The Kier molecular flexibility index (Phi) is 5.75. The lowest BCUT2D eigenvalue weighted by molar-refractivity contribution is -0.385. The Hall–Kier alpha value is -2.89. The molecule has 6 nitrogen and oxygen atoms in total. The Bertz CT molecular complexity index is 777. The van der Waals surface area contributed by atoms with Crippen LogP contribution in [-0.4, -0.2) is 17.5 Å². The molecule has 0 aliphatic rings. The van der Waals surface area contributed by atoms with Gasteiger partial charge in [-0.25, -0.2) is 4.79 Å². The summed E-state index contributed by atoms with van der Waals surface area (Å²) in [5.41, 5.74) is 3.56. The highest BCUT2D eigenvalue weighted by Gasteiger charge is 2.16. The zero-order valence-electron chi connectivity index (χ0n) is 14.7.